The van der Waals surface area contributed by atoms with Gasteiger partial charge in [0.05, 0.1) is 8.07 Å². The van der Waals surface area contributed by atoms with Gasteiger partial charge in [-0.05, 0) is 17.7 Å². The molecular weight excluding hydrogens is 312 g/mol. The van der Waals surface area contributed by atoms with Gasteiger partial charge >= 0.3 is 0 Å². The minimum absolute atomic E-state index is 0.433. The van der Waals surface area contributed by atoms with Gasteiger partial charge in [0.15, 0.2) is 0 Å². The van der Waals surface area contributed by atoms with Crippen molar-refractivity contribution in [2.45, 2.75) is 18.6 Å². The van der Waals surface area contributed by atoms with Crippen LogP contribution in [0.25, 0.3) is 0 Å². The largest absolute Gasteiger partial charge is 0.103 e. The minimum atomic E-state index is -1.60. The third-order valence-electron chi connectivity index (χ3n) is 3.76. The van der Waals surface area contributed by atoms with Crippen LogP contribution in [0.1, 0.15) is 11.1 Å². The van der Waals surface area contributed by atoms with Gasteiger partial charge < -0.3 is 0 Å². The predicted molar refractivity (Wildman–Crippen MR) is 90.6 cm³/mol. The van der Waals surface area contributed by atoms with Crippen molar-refractivity contribution in [3.63, 3.8) is 0 Å². The molecule has 0 bridgehead atoms. The first-order valence-electron chi connectivity index (χ1n) is 6.49. The van der Waals surface area contributed by atoms with Crippen molar-refractivity contribution in [2.24, 2.45) is 0 Å². The van der Waals surface area contributed by atoms with E-state index in [1.54, 1.807) is 0 Å². The van der Waals surface area contributed by atoms with Crippen LogP contribution in [0.2, 0.25) is 13.1 Å². The van der Waals surface area contributed by atoms with Crippen LogP contribution in [0.15, 0.2) is 71.7 Å². The van der Waals surface area contributed by atoms with E-state index < -0.39 is 8.07 Å². The first-order chi connectivity index (χ1) is 9.05. The van der Waals surface area contributed by atoms with Crippen molar-refractivity contribution in [3.05, 3.63) is 77.3 Å². The van der Waals surface area contributed by atoms with Gasteiger partial charge in [-0.1, -0.05) is 82.8 Å². The summed E-state index contributed by atoms with van der Waals surface area (Å²) in [5, 5.41) is 1.47. The first kappa shape index (κ1) is 14.3. The number of benzene rings is 2. The molecule has 0 spiro atoms. The quantitative estimate of drug-likeness (QED) is 0.554. The Morgan fingerprint density at radius 1 is 1.00 bits per heavy atom. The molecular formula is C17H19BrSi. The molecule has 2 aromatic rings. The fourth-order valence-electron chi connectivity index (χ4n) is 2.56. The average Bonchev–Trinajstić information content (AvgIpc) is 2.42. The standard InChI is InChI=1S/C17H19BrSi/c1-4-17(14-10-12-15(18)13-11-14)19(2,3)16-8-6-5-7-9-16/h4-13,17H,1H2,2-3H3. The van der Waals surface area contributed by atoms with Gasteiger partial charge in [-0.3, -0.25) is 0 Å². The summed E-state index contributed by atoms with van der Waals surface area (Å²) in [6, 6.07) is 19.5. The van der Waals surface area contributed by atoms with E-state index in [2.05, 4.69) is 96.3 Å². The van der Waals surface area contributed by atoms with Crippen LogP contribution in [0.4, 0.5) is 0 Å². The molecule has 2 rings (SSSR count). The molecule has 0 aliphatic heterocycles. The molecule has 2 heteroatoms. The lowest BCUT2D eigenvalue weighted by Crippen LogP contribution is -2.46. The van der Waals surface area contributed by atoms with Crippen LogP contribution < -0.4 is 5.19 Å². The second kappa shape index (κ2) is 5.89. The smallest absolute Gasteiger partial charge is 0.0919 e. The molecule has 0 saturated heterocycles. The van der Waals surface area contributed by atoms with Crippen molar-refractivity contribution in [3.8, 4) is 0 Å². The van der Waals surface area contributed by atoms with E-state index in [0.29, 0.717) is 5.54 Å². The zero-order chi connectivity index (χ0) is 13.9. The highest BCUT2D eigenvalue weighted by Crippen LogP contribution is 2.29. The maximum Gasteiger partial charge on any atom is 0.0919 e. The number of halogens is 1. The first-order valence-corrected chi connectivity index (χ1v) is 10.4. The third-order valence-corrected chi connectivity index (χ3v) is 8.23. The molecule has 0 radical (unpaired) electrons. The molecule has 0 amide bonds. The molecule has 19 heavy (non-hydrogen) atoms. The van der Waals surface area contributed by atoms with Crippen LogP contribution in [0.3, 0.4) is 0 Å². The van der Waals surface area contributed by atoms with Gasteiger partial charge in [0.25, 0.3) is 0 Å². The van der Waals surface area contributed by atoms with E-state index >= 15 is 0 Å². The molecule has 2 aromatic carbocycles. The molecule has 0 heterocycles. The molecule has 0 fully saturated rings. The Bertz CT molecular complexity index is 543. The molecule has 0 N–H and O–H groups in total. The number of hydrogen-bond donors (Lipinski definition) is 0. The van der Waals surface area contributed by atoms with E-state index in [9.17, 15) is 0 Å². The third kappa shape index (κ3) is 3.07. The Morgan fingerprint density at radius 2 is 1.58 bits per heavy atom. The SMILES string of the molecule is C=CC(c1ccc(Br)cc1)[Si](C)(C)c1ccccc1. The second-order valence-corrected chi connectivity index (χ2v) is 10.9. The van der Waals surface area contributed by atoms with Crippen LogP contribution in [-0.2, 0) is 0 Å². The van der Waals surface area contributed by atoms with Gasteiger partial charge in [0, 0.05) is 10.0 Å². The van der Waals surface area contributed by atoms with Crippen molar-refractivity contribution >= 4 is 29.2 Å². The van der Waals surface area contributed by atoms with Crippen LogP contribution in [0.5, 0.6) is 0 Å². The van der Waals surface area contributed by atoms with Crippen molar-refractivity contribution in [2.75, 3.05) is 0 Å². The zero-order valence-electron chi connectivity index (χ0n) is 11.4. The number of hydrogen-bond acceptors (Lipinski definition) is 0. The molecule has 0 nitrogen and oxygen atoms in total. The number of rotatable bonds is 4. The zero-order valence-corrected chi connectivity index (χ0v) is 14.0. The Labute approximate surface area is 125 Å². The Hall–Kier alpha value is -1.12. The highest BCUT2D eigenvalue weighted by Gasteiger charge is 2.32. The van der Waals surface area contributed by atoms with Crippen molar-refractivity contribution in [1.82, 2.24) is 0 Å². The van der Waals surface area contributed by atoms with E-state index in [1.807, 2.05) is 0 Å². The summed E-state index contributed by atoms with van der Waals surface area (Å²) in [6.45, 7) is 8.90. The lowest BCUT2D eigenvalue weighted by Gasteiger charge is -2.31. The Kier molecular flexibility index (Phi) is 4.43. The summed E-state index contributed by atoms with van der Waals surface area (Å²) in [5.41, 5.74) is 1.79. The fraction of sp³-hybridized carbons (Fsp3) is 0.176. The molecule has 1 unspecified atom stereocenters. The van der Waals surface area contributed by atoms with Crippen molar-refractivity contribution in [1.29, 1.82) is 0 Å². The lowest BCUT2D eigenvalue weighted by molar-refractivity contribution is 1.15. The van der Waals surface area contributed by atoms with Crippen LogP contribution in [-0.4, -0.2) is 8.07 Å². The molecule has 0 aromatic heterocycles. The molecule has 98 valence electrons. The monoisotopic (exact) mass is 330 g/mol. The summed E-state index contributed by atoms with van der Waals surface area (Å²) in [4.78, 5) is 0. The average molecular weight is 331 g/mol. The van der Waals surface area contributed by atoms with E-state index in [4.69, 9.17) is 0 Å². The molecule has 0 aliphatic carbocycles. The summed E-state index contributed by atoms with van der Waals surface area (Å²) >= 11 is 3.50. The maximum absolute atomic E-state index is 4.07. The van der Waals surface area contributed by atoms with Crippen molar-refractivity contribution < 1.29 is 0 Å². The Balaban J connectivity index is 2.41. The van der Waals surface area contributed by atoms with Crippen LogP contribution >= 0.6 is 15.9 Å². The van der Waals surface area contributed by atoms with Crippen LogP contribution in [0, 0.1) is 0 Å². The van der Waals surface area contributed by atoms with E-state index in [1.165, 1.54) is 10.8 Å². The predicted octanol–water partition coefficient (Wildman–Crippen LogP) is 4.87. The lowest BCUT2D eigenvalue weighted by atomic mass is 10.1. The van der Waals surface area contributed by atoms with Gasteiger partial charge in [0.2, 0.25) is 0 Å². The van der Waals surface area contributed by atoms with Gasteiger partial charge in [-0.15, -0.1) is 6.58 Å². The van der Waals surface area contributed by atoms with E-state index in [0.717, 1.165) is 4.47 Å². The molecule has 1 atom stereocenters. The van der Waals surface area contributed by atoms with Gasteiger partial charge in [-0.25, -0.2) is 0 Å². The van der Waals surface area contributed by atoms with Gasteiger partial charge in [0.1, 0.15) is 0 Å². The fourth-order valence-corrected chi connectivity index (χ4v) is 5.85. The van der Waals surface area contributed by atoms with E-state index in [-0.39, 0.29) is 0 Å². The summed E-state index contributed by atoms with van der Waals surface area (Å²) in [6.07, 6.45) is 2.11. The molecule has 0 aliphatic rings. The minimum Gasteiger partial charge on any atom is -0.103 e. The normalized spacial score (nSPS) is 13.0. The highest BCUT2D eigenvalue weighted by molar-refractivity contribution is 9.10. The highest BCUT2D eigenvalue weighted by atomic mass is 79.9. The topological polar surface area (TPSA) is 0 Å². The summed E-state index contributed by atoms with van der Waals surface area (Å²) < 4.78 is 1.12. The summed E-state index contributed by atoms with van der Waals surface area (Å²) in [5.74, 6) is 0. The summed E-state index contributed by atoms with van der Waals surface area (Å²) in [7, 11) is -1.60. The Morgan fingerprint density at radius 3 is 2.11 bits per heavy atom. The number of allylic oxidation sites excluding steroid dienone is 1. The maximum atomic E-state index is 4.07. The second-order valence-electron chi connectivity index (χ2n) is 5.35. The molecule has 0 saturated carbocycles. The van der Waals surface area contributed by atoms with Gasteiger partial charge in [-0.2, -0.15) is 0 Å².